The summed E-state index contributed by atoms with van der Waals surface area (Å²) in [5.74, 6) is 2.47. The second-order valence-electron chi connectivity index (χ2n) is 3.00. The molecule has 0 aromatic heterocycles. The van der Waals surface area contributed by atoms with Crippen LogP contribution in [-0.4, -0.2) is 0 Å². The summed E-state index contributed by atoms with van der Waals surface area (Å²) < 4.78 is 0. The van der Waals surface area contributed by atoms with E-state index in [2.05, 4.69) is 37.3 Å². The van der Waals surface area contributed by atoms with Crippen molar-refractivity contribution in [1.82, 2.24) is 0 Å². The number of rotatable bonds is 1. The van der Waals surface area contributed by atoms with Gasteiger partial charge in [-0.2, -0.15) is 0 Å². The van der Waals surface area contributed by atoms with Crippen LogP contribution in [0.5, 0.6) is 0 Å². The molecule has 0 amide bonds. The molecular formula is C10H11. The fourth-order valence-corrected chi connectivity index (χ4v) is 1.33. The summed E-state index contributed by atoms with van der Waals surface area (Å²) in [6, 6.07) is 10.7. The fourth-order valence-electron chi connectivity index (χ4n) is 1.33. The average Bonchev–Trinajstić information content (AvgIpc) is 2.69. The minimum absolute atomic E-state index is 0.849. The Balaban J connectivity index is 2.20. The molecule has 1 aromatic rings. The lowest BCUT2D eigenvalue weighted by atomic mass is 10.1. The van der Waals surface area contributed by atoms with Crippen molar-refractivity contribution in [3.05, 3.63) is 41.8 Å². The van der Waals surface area contributed by atoms with Crippen LogP contribution < -0.4 is 0 Å². The molecule has 0 bridgehead atoms. The zero-order valence-corrected chi connectivity index (χ0v) is 6.17. The van der Waals surface area contributed by atoms with Crippen molar-refractivity contribution in [2.24, 2.45) is 5.92 Å². The van der Waals surface area contributed by atoms with Crippen molar-refractivity contribution in [2.45, 2.75) is 13.3 Å². The SMILES string of the molecule is CC1C[C]1c1ccccc1. The predicted molar refractivity (Wildman–Crippen MR) is 42.6 cm³/mol. The zero-order valence-electron chi connectivity index (χ0n) is 6.17. The second kappa shape index (κ2) is 2.12. The minimum atomic E-state index is 0.849. The maximum Gasteiger partial charge on any atom is 0.00812 e. The smallest absolute Gasteiger partial charge is 0.00812 e. The van der Waals surface area contributed by atoms with E-state index >= 15 is 0 Å². The molecule has 1 saturated carbocycles. The molecule has 1 radical (unpaired) electrons. The third-order valence-corrected chi connectivity index (χ3v) is 2.11. The van der Waals surface area contributed by atoms with Crippen LogP contribution in [0.25, 0.3) is 0 Å². The molecule has 0 aliphatic heterocycles. The highest BCUT2D eigenvalue weighted by molar-refractivity contribution is 5.39. The Bertz CT molecular complexity index is 213. The molecule has 1 atom stereocenters. The lowest BCUT2D eigenvalue weighted by Gasteiger charge is -1.93. The van der Waals surface area contributed by atoms with E-state index in [0.29, 0.717) is 0 Å². The highest BCUT2D eigenvalue weighted by atomic mass is 14.4. The van der Waals surface area contributed by atoms with Crippen LogP contribution in [0.2, 0.25) is 0 Å². The molecule has 0 spiro atoms. The Labute approximate surface area is 61.9 Å². The van der Waals surface area contributed by atoms with Crippen LogP contribution in [0.15, 0.2) is 30.3 Å². The lowest BCUT2D eigenvalue weighted by molar-refractivity contribution is 0.997. The van der Waals surface area contributed by atoms with Gasteiger partial charge >= 0.3 is 0 Å². The molecule has 0 saturated heterocycles. The van der Waals surface area contributed by atoms with Gasteiger partial charge in [0.05, 0.1) is 0 Å². The lowest BCUT2D eigenvalue weighted by Crippen LogP contribution is -1.78. The molecule has 51 valence electrons. The van der Waals surface area contributed by atoms with Crippen LogP contribution in [0.4, 0.5) is 0 Å². The van der Waals surface area contributed by atoms with Crippen LogP contribution in [0, 0.1) is 11.8 Å². The van der Waals surface area contributed by atoms with E-state index in [4.69, 9.17) is 0 Å². The minimum Gasteiger partial charge on any atom is -0.0622 e. The molecule has 0 heteroatoms. The highest BCUT2D eigenvalue weighted by Gasteiger charge is 2.34. The molecule has 1 aromatic carbocycles. The highest BCUT2D eigenvalue weighted by Crippen LogP contribution is 2.45. The van der Waals surface area contributed by atoms with E-state index in [9.17, 15) is 0 Å². The van der Waals surface area contributed by atoms with Gasteiger partial charge in [0, 0.05) is 5.92 Å². The monoisotopic (exact) mass is 131 g/mol. The number of benzene rings is 1. The van der Waals surface area contributed by atoms with Gasteiger partial charge in [-0.25, -0.2) is 0 Å². The van der Waals surface area contributed by atoms with E-state index < -0.39 is 0 Å². The summed E-state index contributed by atoms with van der Waals surface area (Å²) in [7, 11) is 0. The van der Waals surface area contributed by atoms with Gasteiger partial charge in [0.25, 0.3) is 0 Å². The summed E-state index contributed by atoms with van der Waals surface area (Å²) in [4.78, 5) is 0. The van der Waals surface area contributed by atoms with Crippen molar-refractivity contribution in [1.29, 1.82) is 0 Å². The van der Waals surface area contributed by atoms with Crippen molar-refractivity contribution in [3.63, 3.8) is 0 Å². The normalized spacial score (nSPS) is 24.7. The summed E-state index contributed by atoms with van der Waals surface area (Å²) in [6.07, 6.45) is 1.31. The van der Waals surface area contributed by atoms with E-state index in [1.165, 1.54) is 12.0 Å². The standard InChI is InChI=1S/C10H11/c1-8-7-10(8)9-5-3-2-4-6-9/h2-6,8H,7H2,1H3. The molecule has 0 nitrogen and oxygen atoms in total. The maximum absolute atomic E-state index is 2.28. The Hall–Kier alpha value is -0.780. The topological polar surface area (TPSA) is 0 Å². The van der Waals surface area contributed by atoms with Crippen molar-refractivity contribution in [3.8, 4) is 0 Å². The summed E-state index contributed by atoms with van der Waals surface area (Å²) >= 11 is 0. The van der Waals surface area contributed by atoms with Gasteiger partial charge < -0.3 is 0 Å². The molecule has 0 N–H and O–H groups in total. The van der Waals surface area contributed by atoms with Gasteiger partial charge in [0.2, 0.25) is 0 Å². The van der Waals surface area contributed by atoms with Crippen molar-refractivity contribution in [2.75, 3.05) is 0 Å². The number of hydrogen-bond acceptors (Lipinski definition) is 0. The zero-order chi connectivity index (χ0) is 6.97. The molecule has 1 fully saturated rings. The molecular weight excluding hydrogens is 120 g/mol. The van der Waals surface area contributed by atoms with Crippen molar-refractivity contribution >= 4 is 0 Å². The third kappa shape index (κ3) is 0.942. The maximum atomic E-state index is 2.28. The molecule has 0 heterocycles. The van der Waals surface area contributed by atoms with Gasteiger partial charge in [-0.3, -0.25) is 0 Å². The molecule has 10 heavy (non-hydrogen) atoms. The average molecular weight is 131 g/mol. The van der Waals surface area contributed by atoms with Crippen molar-refractivity contribution < 1.29 is 0 Å². The predicted octanol–water partition coefficient (Wildman–Crippen LogP) is 2.65. The van der Waals surface area contributed by atoms with Gasteiger partial charge in [0.1, 0.15) is 0 Å². The van der Waals surface area contributed by atoms with E-state index in [1.54, 1.807) is 5.92 Å². The largest absolute Gasteiger partial charge is 0.0622 e. The first-order valence-electron chi connectivity index (χ1n) is 3.79. The molecule has 1 unspecified atom stereocenters. The van der Waals surface area contributed by atoms with E-state index in [1.807, 2.05) is 0 Å². The van der Waals surface area contributed by atoms with E-state index in [0.717, 1.165) is 5.92 Å². The third-order valence-electron chi connectivity index (χ3n) is 2.11. The quantitative estimate of drug-likeness (QED) is 0.549. The first-order chi connectivity index (χ1) is 4.88. The molecule has 1 aliphatic carbocycles. The van der Waals surface area contributed by atoms with Gasteiger partial charge in [0.15, 0.2) is 0 Å². The summed E-state index contributed by atoms with van der Waals surface area (Å²) in [5, 5.41) is 0. The van der Waals surface area contributed by atoms with Crippen LogP contribution in [-0.2, 0) is 0 Å². The van der Waals surface area contributed by atoms with Gasteiger partial charge in [-0.05, 0) is 17.9 Å². The van der Waals surface area contributed by atoms with Crippen LogP contribution in [0.3, 0.4) is 0 Å². The summed E-state index contributed by atoms with van der Waals surface area (Å²) in [5.41, 5.74) is 1.44. The molecule has 1 aliphatic rings. The van der Waals surface area contributed by atoms with Gasteiger partial charge in [-0.15, -0.1) is 0 Å². The Morgan fingerprint density at radius 2 is 1.80 bits per heavy atom. The Morgan fingerprint density at radius 1 is 1.20 bits per heavy atom. The summed E-state index contributed by atoms with van der Waals surface area (Å²) in [6.45, 7) is 2.28. The first kappa shape index (κ1) is 5.96. The fraction of sp³-hybridized carbons (Fsp3) is 0.300. The van der Waals surface area contributed by atoms with Gasteiger partial charge in [-0.1, -0.05) is 37.3 Å². The first-order valence-corrected chi connectivity index (χ1v) is 3.79. The molecule has 2 rings (SSSR count). The van der Waals surface area contributed by atoms with Crippen LogP contribution >= 0.6 is 0 Å². The Morgan fingerprint density at radius 3 is 2.30 bits per heavy atom. The second-order valence-corrected chi connectivity index (χ2v) is 3.00. The Kier molecular flexibility index (Phi) is 1.26. The van der Waals surface area contributed by atoms with Crippen LogP contribution in [0.1, 0.15) is 18.9 Å². The van der Waals surface area contributed by atoms with E-state index in [-0.39, 0.29) is 0 Å². The number of hydrogen-bond donors (Lipinski definition) is 0.